The van der Waals surface area contributed by atoms with Gasteiger partial charge in [0, 0.05) is 13.1 Å². The van der Waals surface area contributed by atoms with Crippen molar-refractivity contribution in [3.63, 3.8) is 0 Å². The van der Waals surface area contributed by atoms with Crippen molar-refractivity contribution < 1.29 is 9.53 Å². The Kier molecular flexibility index (Phi) is 15.7. The highest BCUT2D eigenvalue weighted by molar-refractivity contribution is 5.67. The third kappa shape index (κ3) is 9.81. The first-order valence-electron chi connectivity index (χ1n) is 6.67. The molecule has 0 heterocycles. The van der Waals surface area contributed by atoms with Crippen LogP contribution in [-0.4, -0.2) is 30.7 Å². The van der Waals surface area contributed by atoms with Crippen molar-refractivity contribution in [1.82, 2.24) is 4.90 Å². The molecule has 0 fully saturated rings. The molecule has 1 amide bonds. The average Bonchev–Trinajstić information content (AvgIpc) is 2.32. The molecule has 0 aliphatic heterocycles. The van der Waals surface area contributed by atoms with E-state index in [0.29, 0.717) is 6.61 Å². The van der Waals surface area contributed by atoms with E-state index >= 15 is 0 Å². The zero-order valence-electron chi connectivity index (χ0n) is 11.7. The number of hydrogen-bond donors (Lipinski definition) is 0. The van der Waals surface area contributed by atoms with Crippen molar-refractivity contribution in [2.24, 2.45) is 0 Å². The van der Waals surface area contributed by atoms with E-state index in [-0.39, 0.29) is 6.09 Å². The van der Waals surface area contributed by atoms with Crippen LogP contribution in [0.3, 0.4) is 0 Å². The van der Waals surface area contributed by atoms with Crippen molar-refractivity contribution in [2.45, 2.75) is 60.3 Å². The van der Waals surface area contributed by atoms with Crippen LogP contribution in [0.5, 0.6) is 0 Å². The first kappa shape index (κ1) is 17.7. The van der Waals surface area contributed by atoms with Crippen LogP contribution < -0.4 is 0 Å². The lowest BCUT2D eigenvalue weighted by molar-refractivity contribution is 0.106. The Morgan fingerprint density at radius 1 is 1.00 bits per heavy atom. The molecule has 0 aromatic carbocycles. The number of carbonyl (C=O) groups is 1. The molecular weight excluding hydrogens is 202 g/mol. The van der Waals surface area contributed by atoms with Gasteiger partial charge in [-0.2, -0.15) is 0 Å². The van der Waals surface area contributed by atoms with Gasteiger partial charge in [-0.15, -0.1) is 0 Å². The van der Waals surface area contributed by atoms with Gasteiger partial charge in [0.05, 0.1) is 6.61 Å². The van der Waals surface area contributed by atoms with Crippen molar-refractivity contribution >= 4 is 6.09 Å². The van der Waals surface area contributed by atoms with E-state index < -0.39 is 0 Å². The van der Waals surface area contributed by atoms with Crippen LogP contribution >= 0.6 is 0 Å². The van der Waals surface area contributed by atoms with E-state index in [2.05, 4.69) is 13.8 Å². The Morgan fingerprint density at radius 2 is 1.44 bits per heavy atom. The highest BCUT2D eigenvalue weighted by atomic mass is 16.6. The number of hydrogen-bond acceptors (Lipinski definition) is 2. The third-order valence-corrected chi connectivity index (χ3v) is 2.09. The third-order valence-electron chi connectivity index (χ3n) is 2.09. The summed E-state index contributed by atoms with van der Waals surface area (Å²) in [6.07, 6.45) is 4.18. The topological polar surface area (TPSA) is 29.5 Å². The second-order valence-corrected chi connectivity index (χ2v) is 3.39. The summed E-state index contributed by atoms with van der Waals surface area (Å²) in [7, 11) is 0. The fourth-order valence-electron chi connectivity index (χ4n) is 1.21. The summed E-state index contributed by atoms with van der Waals surface area (Å²) < 4.78 is 4.99. The van der Waals surface area contributed by atoms with Gasteiger partial charge in [-0.3, -0.25) is 0 Å². The molecule has 0 rings (SSSR count). The van der Waals surface area contributed by atoms with E-state index in [4.69, 9.17) is 4.74 Å². The summed E-state index contributed by atoms with van der Waals surface area (Å²) in [6, 6.07) is 0. The zero-order chi connectivity index (χ0) is 12.8. The van der Waals surface area contributed by atoms with Gasteiger partial charge in [-0.05, 0) is 19.8 Å². The first-order valence-corrected chi connectivity index (χ1v) is 6.67. The van der Waals surface area contributed by atoms with Gasteiger partial charge in [0.25, 0.3) is 0 Å². The molecular formula is C13H29NO2. The molecule has 0 aromatic rings. The molecule has 0 atom stereocenters. The molecule has 0 unspecified atom stereocenters. The van der Waals surface area contributed by atoms with Gasteiger partial charge in [-0.25, -0.2) is 4.79 Å². The molecule has 0 N–H and O–H groups in total. The number of amides is 1. The van der Waals surface area contributed by atoms with Gasteiger partial charge in [-0.1, -0.05) is 40.5 Å². The molecule has 3 nitrogen and oxygen atoms in total. The Labute approximate surface area is 101 Å². The van der Waals surface area contributed by atoms with E-state index in [1.54, 1.807) is 0 Å². The number of rotatable bonds is 7. The predicted octanol–water partition coefficient (Wildman–Crippen LogP) is 4.07. The minimum Gasteiger partial charge on any atom is -0.450 e. The molecule has 0 saturated heterocycles. The van der Waals surface area contributed by atoms with Crippen molar-refractivity contribution in [3.05, 3.63) is 0 Å². The SMILES string of the molecule is CC.CCCCN(CCCC)C(=O)OCC. The second-order valence-electron chi connectivity index (χ2n) is 3.39. The highest BCUT2D eigenvalue weighted by Crippen LogP contribution is 2.01. The lowest BCUT2D eigenvalue weighted by Gasteiger charge is -2.21. The van der Waals surface area contributed by atoms with Crippen LogP contribution in [0.2, 0.25) is 0 Å². The zero-order valence-corrected chi connectivity index (χ0v) is 11.7. The van der Waals surface area contributed by atoms with Gasteiger partial charge < -0.3 is 9.64 Å². The minimum atomic E-state index is -0.158. The molecule has 16 heavy (non-hydrogen) atoms. The van der Waals surface area contributed by atoms with Crippen LogP contribution in [-0.2, 0) is 4.74 Å². The number of unbranched alkanes of at least 4 members (excludes halogenated alkanes) is 2. The quantitative estimate of drug-likeness (QED) is 0.661. The maximum Gasteiger partial charge on any atom is 0.409 e. The van der Waals surface area contributed by atoms with Gasteiger partial charge in [0.1, 0.15) is 0 Å². The van der Waals surface area contributed by atoms with Crippen LogP contribution in [0, 0.1) is 0 Å². The molecule has 0 bridgehead atoms. The van der Waals surface area contributed by atoms with Gasteiger partial charge in [0.2, 0.25) is 0 Å². The lowest BCUT2D eigenvalue weighted by atomic mass is 10.3. The average molecular weight is 231 g/mol. The van der Waals surface area contributed by atoms with Crippen LogP contribution in [0.25, 0.3) is 0 Å². The maximum absolute atomic E-state index is 11.5. The Morgan fingerprint density at radius 3 is 1.75 bits per heavy atom. The summed E-state index contributed by atoms with van der Waals surface area (Å²) in [5.74, 6) is 0. The molecule has 98 valence electrons. The van der Waals surface area contributed by atoms with Crippen molar-refractivity contribution in [2.75, 3.05) is 19.7 Å². The highest BCUT2D eigenvalue weighted by Gasteiger charge is 2.12. The fraction of sp³-hybridized carbons (Fsp3) is 0.923. The van der Waals surface area contributed by atoms with Crippen molar-refractivity contribution in [3.8, 4) is 0 Å². The summed E-state index contributed by atoms with van der Waals surface area (Å²) in [5, 5.41) is 0. The monoisotopic (exact) mass is 231 g/mol. The second kappa shape index (κ2) is 14.3. The number of ether oxygens (including phenoxy) is 1. The van der Waals surface area contributed by atoms with Crippen LogP contribution in [0.1, 0.15) is 60.3 Å². The standard InChI is InChI=1S/C11H23NO2.C2H6/c1-4-7-9-12(10-8-5-2)11(13)14-6-3;1-2/h4-10H2,1-3H3;1-2H3. The summed E-state index contributed by atoms with van der Waals surface area (Å²) in [4.78, 5) is 13.3. The largest absolute Gasteiger partial charge is 0.450 e. The normalized spacial score (nSPS) is 9.06. The molecule has 0 aliphatic rings. The Hall–Kier alpha value is -0.730. The van der Waals surface area contributed by atoms with E-state index in [1.165, 1.54) is 0 Å². The lowest BCUT2D eigenvalue weighted by Crippen LogP contribution is -2.33. The first-order chi connectivity index (χ1) is 7.76. The summed E-state index contributed by atoms with van der Waals surface area (Å²) in [5.41, 5.74) is 0. The van der Waals surface area contributed by atoms with Crippen molar-refractivity contribution in [1.29, 1.82) is 0 Å². The fourth-order valence-corrected chi connectivity index (χ4v) is 1.21. The van der Waals surface area contributed by atoms with E-state index in [9.17, 15) is 4.79 Å². The van der Waals surface area contributed by atoms with E-state index in [1.807, 2.05) is 25.7 Å². The summed E-state index contributed by atoms with van der Waals surface area (Å²) in [6.45, 7) is 12.2. The van der Waals surface area contributed by atoms with E-state index in [0.717, 1.165) is 38.8 Å². The van der Waals surface area contributed by atoms with Crippen LogP contribution in [0.15, 0.2) is 0 Å². The molecule has 3 heteroatoms. The van der Waals surface area contributed by atoms with Crippen LogP contribution in [0.4, 0.5) is 4.79 Å². The van der Waals surface area contributed by atoms with Gasteiger partial charge >= 0.3 is 6.09 Å². The number of carbonyl (C=O) groups excluding carboxylic acids is 1. The Balaban J connectivity index is 0. The molecule has 0 aliphatic carbocycles. The smallest absolute Gasteiger partial charge is 0.409 e. The predicted molar refractivity (Wildman–Crippen MR) is 69.8 cm³/mol. The molecule has 0 aromatic heterocycles. The van der Waals surface area contributed by atoms with Gasteiger partial charge in [0.15, 0.2) is 0 Å². The number of nitrogens with zero attached hydrogens (tertiary/aromatic N) is 1. The molecule has 0 spiro atoms. The molecule has 0 radical (unpaired) electrons. The molecule has 0 saturated carbocycles. The summed E-state index contributed by atoms with van der Waals surface area (Å²) >= 11 is 0. The Bertz CT molecular complexity index is 141. The maximum atomic E-state index is 11.5. The minimum absolute atomic E-state index is 0.158.